The first kappa shape index (κ1) is 74.4. The van der Waals surface area contributed by atoms with Gasteiger partial charge in [0, 0.05) is 69.4 Å². The van der Waals surface area contributed by atoms with E-state index in [9.17, 15) is 37.9 Å². The van der Waals surface area contributed by atoms with Crippen molar-refractivity contribution >= 4 is 65.9 Å². The standard InChI is InChI=1S/C41H49N2O5P.C36H44NO6PS/c1-10-41(43(8)9,26-33-14-12-11-13-15-33)38(44)34-16-18-35(19-17-34)42-20-21-48-49(47,39(45)36-29(4)22-27(2)23-30(36)5)40(46)37-31(6)24-28(3)25-32(37)7;1-23-19-25(3)31(26(4)20-23)34(39)44(41,35(40)32-27(5)21-24(2)22-28(32)6)43-17-18-45-30-11-9-29(10-12-30)33(38)36(7,8)37-13-15-42-16-14-37/h11-19,22-25,42H,10,20-21,26H2,1-9H3;9-12,19-22H,13-18H2,1-8H3. The summed E-state index contributed by atoms with van der Waals surface area (Å²) in [6.07, 6.45) is 1.24. The minimum atomic E-state index is -4.55. The first-order valence-corrected chi connectivity index (χ1v) is 36.2. The van der Waals surface area contributed by atoms with E-state index < -0.39 is 47.9 Å². The molecule has 17 heteroatoms. The molecule has 7 aromatic rings. The summed E-state index contributed by atoms with van der Waals surface area (Å²) in [6, 6.07) is 39.4. The number of aryl methyl sites for hydroxylation is 12. The Morgan fingerprint density at radius 3 is 1.26 bits per heavy atom. The highest BCUT2D eigenvalue weighted by atomic mass is 32.2. The summed E-state index contributed by atoms with van der Waals surface area (Å²) >= 11 is 1.44. The molecule has 0 saturated carbocycles. The van der Waals surface area contributed by atoms with Crippen molar-refractivity contribution in [3.63, 3.8) is 0 Å². The average Bonchev–Trinajstić information content (AvgIpc) is 0.775. The molecule has 94 heavy (non-hydrogen) atoms. The van der Waals surface area contributed by atoms with Gasteiger partial charge in [-0.15, -0.1) is 11.8 Å². The Bertz CT molecular complexity index is 3840. The highest BCUT2D eigenvalue weighted by Crippen LogP contribution is 2.56. The maximum atomic E-state index is 14.6. The molecule has 1 heterocycles. The fraction of sp³-hybridized carbons (Fsp3) is 0.377. The molecule has 14 nitrogen and oxygen atoms in total. The predicted molar refractivity (Wildman–Crippen MR) is 381 cm³/mol. The van der Waals surface area contributed by atoms with E-state index in [4.69, 9.17) is 13.8 Å². The molecule has 0 spiro atoms. The molecule has 1 atom stereocenters. The summed E-state index contributed by atoms with van der Waals surface area (Å²) in [5.74, 6) is 0.445. The molecule has 1 N–H and O–H groups in total. The summed E-state index contributed by atoms with van der Waals surface area (Å²) in [6.45, 7) is 30.5. The van der Waals surface area contributed by atoms with Crippen molar-refractivity contribution in [3.05, 3.63) is 233 Å². The zero-order valence-corrected chi connectivity index (χ0v) is 60.5. The van der Waals surface area contributed by atoms with Gasteiger partial charge in [-0.1, -0.05) is 120 Å². The number of hydrogen-bond acceptors (Lipinski definition) is 15. The lowest BCUT2D eigenvalue weighted by Gasteiger charge is -2.39. The van der Waals surface area contributed by atoms with Crippen molar-refractivity contribution in [2.45, 2.75) is 133 Å². The van der Waals surface area contributed by atoms with Crippen LogP contribution in [0.1, 0.15) is 162 Å². The lowest BCUT2D eigenvalue weighted by Crippen LogP contribution is -2.54. The van der Waals surface area contributed by atoms with Gasteiger partial charge in [0.2, 0.25) is 0 Å². The number of hydrogen-bond donors (Lipinski definition) is 1. The van der Waals surface area contributed by atoms with Crippen LogP contribution in [0.3, 0.4) is 0 Å². The third-order valence-electron chi connectivity index (χ3n) is 17.8. The highest BCUT2D eigenvalue weighted by molar-refractivity contribution is 7.99. The van der Waals surface area contributed by atoms with Gasteiger partial charge in [0.05, 0.1) is 37.5 Å². The van der Waals surface area contributed by atoms with Gasteiger partial charge in [-0.25, -0.2) is 0 Å². The second kappa shape index (κ2) is 31.7. The van der Waals surface area contributed by atoms with Crippen LogP contribution in [-0.2, 0) is 29.3 Å². The molecule has 1 saturated heterocycles. The molecule has 8 rings (SSSR count). The molecule has 1 fully saturated rings. The van der Waals surface area contributed by atoms with Gasteiger partial charge < -0.3 is 19.1 Å². The maximum Gasteiger partial charge on any atom is 0.340 e. The van der Waals surface area contributed by atoms with Crippen LogP contribution in [-0.4, -0.2) is 120 Å². The Morgan fingerprint density at radius 1 is 0.521 bits per heavy atom. The van der Waals surface area contributed by atoms with Gasteiger partial charge in [-0.2, -0.15) is 0 Å². The highest BCUT2D eigenvalue weighted by Gasteiger charge is 2.47. The number of Topliss-reactive ketones (excluding diaryl/α,β-unsaturated/α-hetero) is 2. The van der Waals surface area contributed by atoms with E-state index in [1.54, 1.807) is 67.5 Å². The van der Waals surface area contributed by atoms with Crippen molar-refractivity contribution in [2.75, 3.05) is 71.2 Å². The van der Waals surface area contributed by atoms with Crippen LogP contribution in [0.2, 0.25) is 0 Å². The molecule has 7 aromatic carbocycles. The van der Waals surface area contributed by atoms with E-state index in [1.165, 1.54) is 11.8 Å². The molecular weight excluding hydrogens is 1240 g/mol. The molecule has 0 radical (unpaired) electrons. The topological polar surface area (TPSA) is 183 Å². The molecule has 0 bridgehead atoms. The monoisotopic (exact) mass is 1330 g/mol. The summed E-state index contributed by atoms with van der Waals surface area (Å²) in [5, 5.41) is 3.23. The first-order valence-electron chi connectivity index (χ1n) is 32.0. The van der Waals surface area contributed by atoms with Crippen LogP contribution in [0.15, 0.2) is 132 Å². The zero-order valence-electron chi connectivity index (χ0n) is 57.9. The number of nitrogens with one attached hydrogen (secondary N) is 1. The Hall–Kier alpha value is -7.03. The average molecular weight is 1330 g/mol. The lowest BCUT2D eigenvalue weighted by molar-refractivity contribution is -0.00430. The number of carbonyl (C=O) groups is 6. The third-order valence-corrected chi connectivity index (χ3v) is 22.9. The van der Waals surface area contributed by atoms with Gasteiger partial charge >= 0.3 is 14.7 Å². The first-order chi connectivity index (χ1) is 44.3. The van der Waals surface area contributed by atoms with Crippen LogP contribution < -0.4 is 5.32 Å². The molecule has 1 unspecified atom stereocenters. The van der Waals surface area contributed by atoms with Crippen molar-refractivity contribution in [1.82, 2.24) is 9.80 Å². The predicted octanol–water partition coefficient (Wildman–Crippen LogP) is 17.0. The summed E-state index contributed by atoms with van der Waals surface area (Å²) < 4.78 is 46.5. The zero-order chi connectivity index (χ0) is 69.2. The quantitative estimate of drug-likeness (QED) is 0.0222. The maximum absolute atomic E-state index is 14.6. The number of morpholine rings is 1. The van der Waals surface area contributed by atoms with Gasteiger partial charge in [0.25, 0.3) is 22.1 Å². The summed E-state index contributed by atoms with van der Waals surface area (Å²) in [7, 11) is -5.18. The molecule has 0 aromatic heterocycles. The van der Waals surface area contributed by atoms with E-state index >= 15 is 0 Å². The largest absolute Gasteiger partial charge is 0.383 e. The number of thioether (sulfide) groups is 1. The van der Waals surface area contributed by atoms with Crippen molar-refractivity contribution in [2.24, 2.45) is 0 Å². The molecule has 0 amide bonds. The van der Waals surface area contributed by atoms with Crippen molar-refractivity contribution < 1.29 is 51.7 Å². The van der Waals surface area contributed by atoms with Gasteiger partial charge in [-0.05, 0) is 210 Å². The summed E-state index contributed by atoms with van der Waals surface area (Å²) in [5.41, 5.74) is 8.75. The lowest BCUT2D eigenvalue weighted by atomic mass is 9.80. The fourth-order valence-electron chi connectivity index (χ4n) is 13.1. The van der Waals surface area contributed by atoms with E-state index in [0.717, 1.165) is 38.4 Å². The number of ketones is 2. The molecule has 498 valence electrons. The number of nitrogens with zero attached hydrogens (tertiary/aromatic N) is 2. The van der Waals surface area contributed by atoms with Crippen LogP contribution in [0.5, 0.6) is 0 Å². The summed E-state index contributed by atoms with van der Waals surface area (Å²) in [4.78, 5) is 88.6. The number of anilines is 1. The van der Waals surface area contributed by atoms with Crippen LogP contribution in [0.25, 0.3) is 0 Å². The second-order valence-corrected chi connectivity index (χ2v) is 31.2. The molecular formula is C77H93N3O11P2S. The van der Waals surface area contributed by atoms with Gasteiger partial charge in [0.15, 0.2) is 11.6 Å². The van der Waals surface area contributed by atoms with Crippen LogP contribution in [0.4, 0.5) is 5.69 Å². The van der Waals surface area contributed by atoms with E-state index in [2.05, 4.69) is 10.2 Å². The molecule has 0 aliphatic carbocycles. The Balaban J connectivity index is 0.000000267. The Morgan fingerprint density at radius 2 is 0.883 bits per heavy atom. The molecule has 1 aliphatic rings. The van der Waals surface area contributed by atoms with Gasteiger partial charge in [0.1, 0.15) is 0 Å². The van der Waals surface area contributed by atoms with Gasteiger partial charge in [-0.3, -0.25) is 47.7 Å². The fourth-order valence-corrected chi connectivity index (χ4v) is 18.1. The van der Waals surface area contributed by atoms with Crippen molar-refractivity contribution in [1.29, 1.82) is 0 Å². The van der Waals surface area contributed by atoms with E-state index in [-0.39, 0.29) is 53.6 Å². The number of benzene rings is 7. The number of carbonyl (C=O) groups excluding carboxylic acids is 6. The SMILES string of the molecule is CCC(Cc1ccccc1)(C(=O)c1ccc(NCCOP(=O)(C(=O)c2c(C)cc(C)cc2C)C(=O)c2c(C)cc(C)cc2C)cc1)N(C)C.Cc1cc(C)c(C(=O)P(=O)(OCCSc2ccc(C(=O)C(C)(C)N3CCOCC3)cc2)C(=O)c2c(C)cc(C)cc2C)c(C)c1. The smallest absolute Gasteiger partial charge is 0.340 e. The number of ether oxygens (including phenoxy) is 1. The second-order valence-electron chi connectivity index (χ2n) is 25.7. The van der Waals surface area contributed by atoms with E-state index in [1.807, 2.05) is 183 Å². The Labute approximate surface area is 561 Å². The molecule has 1 aliphatic heterocycles. The number of rotatable bonds is 27. The minimum Gasteiger partial charge on any atom is -0.383 e. The minimum absolute atomic E-state index is 0.0417. The number of likely N-dealkylation sites (N-methyl/N-ethyl adjacent to an activating group) is 1. The van der Waals surface area contributed by atoms with E-state index in [0.29, 0.717) is 101 Å². The third kappa shape index (κ3) is 16.8. The Kier molecular flexibility index (Phi) is 25.1. The van der Waals surface area contributed by atoms with Crippen molar-refractivity contribution in [3.8, 4) is 0 Å². The van der Waals surface area contributed by atoms with Crippen LogP contribution in [0, 0.1) is 83.1 Å². The normalized spacial score (nSPS) is 13.6. The van der Waals surface area contributed by atoms with Crippen LogP contribution >= 0.6 is 26.5 Å².